The number of carboxylic acid groups (broad SMARTS) is 1. The third-order valence-corrected chi connectivity index (χ3v) is 12.6. The molecular formula is C28H46O5. The van der Waals surface area contributed by atoms with E-state index in [1.807, 2.05) is 0 Å². The summed E-state index contributed by atoms with van der Waals surface area (Å²) < 4.78 is 6.06. The molecule has 0 aromatic heterocycles. The van der Waals surface area contributed by atoms with Gasteiger partial charge in [-0.05, 0) is 96.2 Å². The quantitative estimate of drug-likeness (QED) is 0.546. The van der Waals surface area contributed by atoms with Crippen molar-refractivity contribution in [3.8, 4) is 0 Å². The lowest BCUT2D eigenvalue weighted by Gasteiger charge is -2.53. The number of hydrogen-bond acceptors (Lipinski definition) is 4. The molecule has 3 N–H and O–H groups in total. The number of aliphatic carboxylic acids is 1. The summed E-state index contributed by atoms with van der Waals surface area (Å²) in [7, 11) is 0. The molecule has 4 aliphatic carbocycles. The summed E-state index contributed by atoms with van der Waals surface area (Å²) in [6.45, 7) is 13.4. The van der Waals surface area contributed by atoms with Gasteiger partial charge in [-0.15, -0.1) is 0 Å². The molecule has 0 amide bonds. The van der Waals surface area contributed by atoms with Crippen LogP contribution in [0.3, 0.4) is 0 Å². The minimum Gasteiger partial charge on any atom is -0.479 e. The van der Waals surface area contributed by atoms with Gasteiger partial charge in [0.05, 0.1) is 18.3 Å². The summed E-state index contributed by atoms with van der Waals surface area (Å²) in [4.78, 5) is 11.7. The summed E-state index contributed by atoms with van der Waals surface area (Å²) in [5.74, 6) is 0.0829. The van der Waals surface area contributed by atoms with Crippen molar-refractivity contribution in [2.45, 2.75) is 124 Å². The van der Waals surface area contributed by atoms with Gasteiger partial charge in [-0.2, -0.15) is 0 Å². The Morgan fingerprint density at radius 1 is 1.03 bits per heavy atom. The summed E-state index contributed by atoms with van der Waals surface area (Å²) >= 11 is 0. The number of rotatable bonds is 4. The van der Waals surface area contributed by atoms with Crippen LogP contribution in [0, 0.1) is 44.8 Å². The zero-order valence-corrected chi connectivity index (χ0v) is 21.6. The normalized spacial score (nSPS) is 54.1. The fraction of sp³-hybridized carbons (Fsp3) is 0.964. The average Bonchev–Trinajstić information content (AvgIpc) is 3.38. The van der Waals surface area contributed by atoms with Crippen LogP contribution in [0.2, 0.25) is 0 Å². The standard InChI is InChI=1S/C28H46O5/c1-16-14-17(23(31)32)33-21-20(16)26(6,25(4,5)22(21)30)12-13-27-10-7-8-18-24(2,3)19(29)9-11-28(18,27)15-27/h16-22,29-30H,7-15H2,1-6H3,(H,31,32)/t16-,17?,18+,19?,20?,21?,22+,26?,27?,28?/m1/s1. The van der Waals surface area contributed by atoms with E-state index in [1.165, 1.54) is 32.1 Å². The van der Waals surface area contributed by atoms with E-state index in [2.05, 4.69) is 41.5 Å². The smallest absolute Gasteiger partial charge is 0.332 e. The van der Waals surface area contributed by atoms with Crippen LogP contribution >= 0.6 is 0 Å². The fourth-order valence-corrected chi connectivity index (χ4v) is 10.1. The first-order valence-electron chi connectivity index (χ1n) is 13.5. The third kappa shape index (κ3) is 2.97. The van der Waals surface area contributed by atoms with Crippen LogP contribution in [0.5, 0.6) is 0 Å². The van der Waals surface area contributed by atoms with E-state index < -0.39 is 24.3 Å². The van der Waals surface area contributed by atoms with Crippen molar-refractivity contribution >= 4 is 5.97 Å². The molecule has 0 bridgehead atoms. The molecule has 5 rings (SSSR count). The van der Waals surface area contributed by atoms with Crippen molar-refractivity contribution in [1.82, 2.24) is 0 Å². The Bertz CT molecular complexity index is 821. The molecule has 5 nitrogen and oxygen atoms in total. The molecule has 5 aliphatic rings. The van der Waals surface area contributed by atoms with E-state index in [9.17, 15) is 20.1 Å². The second kappa shape index (κ2) is 7.20. The topological polar surface area (TPSA) is 87.0 Å². The highest BCUT2D eigenvalue weighted by Crippen LogP contribution is 2.82. The maximum Gasteiger partial charge on any atom is 0.332 e. The molecule has 1 saturated heterocycles. The first-order valence-corrected chi connectivity index (χ1v) is 13.5. The molecule has 10 atom stereocenters. The molecule has 4 saturated carbocycles. The minimum atomic E-state index is -0.909. The maximum atomic E-state index is 11.7. The maximum absolute atomic E-state index is 11.7. The zero-order valence-electron chi connectivity index (χ0n) is 21.6. The lowest BCUT2D eigenvalue weighted by atomic mass is 9.52. The van der Waals surface area contributed by atoms with Crippen LogP contribution in [0.4, 0.5) is 0 Å². The summed E-state index contributed by atoms with van der Waals surface area (Å²) in [6.07, 6.45) is 7.93. The molecule has 33 heavy (non-hydrogen) atoms. The van der Waals surface area contributed by atoms with Gasteiger partial charge in [-0.3, -0.25) is 0 Å². The van der Waals surface area contributed by atoms with Gasteiger partial charge in [0.15, 0.2) is 6.10 Å². The lowest BCUT2D eigenvalue weighted by molar-refractivity contribution is -0.178. The highest BCUT2D eigenvalue weighted by Gasteiger charge is 2.75. The van der Waals surface area contributed by atoms with Gasteiger partial charge < -0.3 is 20.1 Å². The number of aliphatic hydroxyl groups excluding tert-OH is 2. The predicted molar refractivity (Wildman–Crippen MR) is 127 cm³/mol. The number of fused-ring (bicyclic) bond motifs is 1. The Morgan fingerprint density at radius 3 is 2.39 bits per heavy atom. The highest BCUT2D eigenvalue weighted by molar-refractivity contribution is 5.72. The molecule has 0 aromatic carbocycles. The van der Waals surface area contributed by atoms with Crippen molar-refractivity contribution in [3.63, 3.8) is 0 Å². The average molecular weight is 463 g/mol. The Morgan fingerprint density at radius 2 is 1.73 bits per heavy atom. The van der Waals surface area contributed by atoms with Crippen LogP contribution in [0.1, 0.15) is 99.3 Å². The molecule has 0 radical (unpaired) electrons. The van der Waals surface area contributed by atoms with E-state index >= 15 is 0 Å². The third-order valence-electron chi connectivity index (χ3n) is 12.6. The molecule has 1 aliphatic heterocycles. The second-order valence-electron chi connectivity index (χ2n) is 14.2. The lowest BCUT2D eigenvalue weighted by Crippen LogP contribution is -2.49. The second-order valence-corrected chi connectivity index (χ2v) is 14.2. The van der Waals surface area contributed by atoms with Crippen molar-refractivity contribution in [2.75, 3.05) is 0 Å². The monoisotopic (exact) mass is 462 g/mol. The van der Waals surface area contributed by atoms with E-state index in [0.717, 1.165) is 19.3 Å². The van der Waals surface area contributed by atoms with Gasteiger partial charge in [-0.25, -0.2) is 4.79 Å². The van der Waals surface area contributed by atoms with E-state index in [-0.39, 0.29) is 34.2 Å². The van der Waals surface area contributed by atoms with Gasteiger partial charge in [0.2, 0.25) is 0 Å². The molecule has 7 unspecified atom stereocenters. The Kier molecular flexibility index (Phi) is 5.25. The van der Waals surface area contributed by atoms with Gasteiger partial charge >= 0.3 is 5.97 Å². The fourth-order valence-electron chi connectivity index (χ4n) is 10.1. The first-order chi connectivity index (χ1) is 15.2. The SMILES string of the molecule is C[C@@H]1CC(C(=O)O)OC2C1C(C)(CCC13CCC[C@H]4C(C)(C)C(O)CCC41C3)C(C)(C)[C@H]2O. The van der Waals surface area contributed by atoms with Crippen molar-refractivity contribution in [1.29, 1.82) is 0 Å². The zero-order chi connectivity index (χ0) is 24.2. The van der Waals surface area contributed by atoms with E-state index in [0.29, 0.717) is 23.2 Å². The summed E-state index contributed by atoms with van der Waals surface area (Å²) in [6, 6.07) is 0. The molecule has 188 valence electrons. The Balaban J connectivity index is 1.40. The van der Waals surface area contributed by atoms with Crippen molar-refractivity contribution in [3.05, 3.63) is 0 Å². The van der Waals surface area contributed by atoms with Crippen LogP contribution in [-0.2, 0) is 9.53 Å². The summed E-state index contributed by atoms with van der Waals surface area (Å²) in [5.41, 5.74) is 0.343. The number of hydrogen-bond donors (Lipinski definition) is 3. The molecule has 1 spiro atoms. The first kappa shape index (κ1) is 24.1. The number of aliphatic hydroxyl groups is 2. The molecule has 1 heterocycles. The predicted octanol–water partition coefficient (Wildman–Crippen LogP) is 5.03. The van der Waals surface area contributed by atoms with E-state index in [1.54, 1.807) is 0 Å². The largest absolute Gasteiger partial charge is 0.479 e. The number of carboxylic acids is 1. The van der Waals surface area contributed by atoms with Gasteiger partial charge in [-0.1, -0.05) is 48.0 Å². The van der Waals surface area contributed by atoms with Crippen LogP contribution in [-0.4, -0.2) is 45.7 Å². The van der Waals surface area contributed by atoms with Crippen LogP contribution in [0.25, 0.3) is 0 Å². The van der Waals surface area contributed by atoms with Crippen molar-refractivity contribution in [2.24, 2.45) is 44.8 Å². The highest BCUT2D eigenvalue weighted by atomic mass is 16.5. The van der Waals surface area contributed by atoms with E-state index in [4.69, 9.17) is 4.74 Å². The Labute approximate surface area is 199 Å². The molecule has 0 aromatic rings. The molecule has 5 fully saturated rings. The molecular weight excluding hydrogens is 416 g/mol. The van der Waals surface area contributed by atoms with Crippen molar-refractivity contribution < 1.29 is 24.9 Å². The minimum absolute atomic E-state index is 0.00416. The van der Waals surface area contributed by atoms with Gasteiger partial charge in [0, 0.05) is 0 Å². The summed E-state index contributed by atoms with van der Waals surface area (Å²) in [5, 5.41) is 31.7. The molecule has 5 heteroatoms. The number of carbonyl (C=O) groups is 1. The Hall–Kier alpha value is -0.650. The van der Waals surface area contributed by atoms with Crippen LogP contribution < -0.4 is 0 Å². The van der Waals surface area contributed by atoms with Crippen LogP contribution in [0.15, 0.2) is 0 Å². The van der Waals surface area contributed by atoms with Gasteiger partial charge in [0.25, 0.3) is 0 Å². The number of ether oxygens (including phenoxy) is 1. The van der Waals surface area contributed by atoms with Gasteiger partial charge in [0.1, 0.15) is 0 Å².